The van der Waals surface area contributed by atoms with E-state index in [0.29, 0.717) is 11.5 Å². The van der Waals surface area contributed by atoms with Crippen molar-refractivity contribution in [3.05, 3.63) is 58.8 Å². The number of H-pyrrole nitrogens is 1. The van der Waals surface area contributed by atoms with Crippen LogP contribution in [0.3, 0.4) is 0 Å². The van der Waals surface area contributed by atoms with Gasteiger partial charge in [0.25, 0.3) is 5.56 Å². The van der Waals surface area contributed by atoms with Crippen LogP contribution in [-0.2, 0) is 0 Å². The predicted octanol–water partition coefficient (Wildman–Crippen LogP) is 2.29. The molecule has 3 rings (SSSR count). The summed E-state index contributed by atoms with van der Waals surface area (Å²) < 4.78 is 0. The van der Waals surface area contributed by atoms with Crippen molar-refractivity contribution in [3.8, 4) is 11.3 Å². The van der Waals surface area contributed by atoms with Gasteiger partial charge in [-0.1, -0.05) is 18.2 Å². The van der Waals surface area contributed by atoms with Crippen molar-refractivity contribution in [2.45, 2.75) is 6.92 Å². The first-order chi connectivity index (χ1) is 8.74. The molecule has 0 aliphatic rings. The first kappa shape index (κ1) is 10.7. The fourth-order valence-corrected chi connectivity index (χ4v) is 2.04. The van der Waals surface area contributed by atoms with Gasteiger partial charge in [-0.15, -0.1) is 0 Å². The predicted molar refractivity (Wildman–Crippen MR) is 70.3 cm³/mol. The molecule has 0 unspecified atom stereocenters. The average Bonchev–Trinajstić information content (AvgIpc) is 2.37. The van der Waals surface area contributed by atoms with Crippen LogP contribution < -0.4 is 5.56 Å². The number of fused-ring (bicyclic) bond motifs is 1. The maximum atomic E-state index is 11.5. The minimum Gasteiger partial charge on any atom is -0.311 e. The number of aromatic nitrogens is 3. The SMILES string of the molecule is Cc1nc(-c2cccc3ncccc23)cc(=O)[nH]1. The van der Waals surface area contributed by atoms with Crippen molar-refractivity contribution in [1.29, 1.82) is 0 Å². The zero-order valence-corrected chi connectivity index (χ0v) is 9.84. The maximum Gasteiger partial charge on any atom is 0.251 e. The first-order valence-electron chi connectivity index (χ1n) is 5.66. The lowest BCUT2D eigenvalue weighted by Gasteiger charge is -2.05. The van der Waals surface area contributed by atoms with Crippen LogP contribution in [0.25, 0.3) is 22.2 Å². The van der Waals surface area contributed by atoms with Gasteiger partial charge in [0, 0.05) is 23.2 Å². The lowest BCUT2D eigenvalue weighted by Crippen LogP contribution is -2.08. The highest BCUT2D eigenvalue weighted by atomic mass is 16.1. The number of hydrogen-bond donors (Lipinski definition) is 1. The van der Waals surface area contributed by atoms with Gasteiger partial charge in [0.1, 0.15) is 5.82 Å². The molecular formula is C14H11N3O. The highest BCUT2D eigenvalue weighted by Crippen LogP contribution is 2.24. The second-order valence-electron chi connectivity index (χ2n) is 4.09. The molecule has 0 saturated carbocycles. The third kappa shape index (κ3) is 1.78. The summed E-state index contributed by atoms with van der Waals surface area (Å²) in [6, 6.07) is 11.2. The number of pyridine rings is 1. The van der Waals surface area contributed by atoms with Gasteiger partial charge in [0.15, 0.2) is 0 Å². The summed E-state index contributed by atoms with van der Waals surface area (Å²) in [6.45, 7) is 1.77. The molecule has 0 aliphatic carbocycles. The van der Waals surface area contributed by atoms with Crippen molar-refractivity contribution < 1.29 is 0 Å². The summed E-state index contributed by atoms with van der Waals surface area (Å²) in [5.41, 5.74) is 2.36. The summed E-state index contributed by atoms with van der Waals surface area (Å²) in [5.74, 6) is 0.610. The number of nitrogens with one attached hydrogen (secondary N) is 1. The van der Waals surface area contributed by atoms with Crippen molar-refractivity contribution in [2.75, 3.05) is 0 Å². The smallest absolute Gasteiger partial charge is 0.251 e. The Balaban J connectivity index is 2.34. The Morgan fingerprint density at radius 1 is 1.17 bits per heavy atom. The number of nitrogens with zero attached hydrogens (tertiary/aromatic N) is 2. The first-order valence-corrected chi connectivity index (χ1v) is 5.66. The van der Waals surface area contributed by atoms with E-state index in [1.807, 2.05) is 30.3 Å². The zero-order valence-electron chi connectivity index (χ0n) is 9.84. The van der Waals surface area contributed by atoms with E-state index in [2.05, 4.69) is 15.0 Å². The number of aryl methyl sites for hydroxylation is 1. The molecule has 0 spiro atoms. The lowest BCUT2D eigenvalue weighted by molar-refractivity contribution is 1.02. The Labute approximate surface area is 103 Å². The Kier molecular flexibility index (Phi) is 2.41. The molecule has 4 heteroatoms. The quantitative estimate of drug-likeness (QED) is 0.706. The van der Waals surface area contributed by atoms with E-state index >= 15 is 0 Å². The zero-order chi connectivity index (χ0) is 12.5. The molecule has 0 bridgehead atoms. The second-order valence-corrected chi connectivity index (χ2v) is 4.09. The van der Waals surface area contributed by atoms with Crippen LogP contribution in [0.4, 0.5) is 0 Å². The van der Waals surface area contributed by atoms with Crippen LogP contribution in [0.1, 0.15) is 5.82 Å². The summed E-state index contributed by atoms with van der Waals surface area (Å²) in [5, 5.41) is 0.998. The molecule has 0 fully saturated rings. The van der Waals surface area contributed by atoms with E-state index in [-0.39, 0.29) is 5.56 Å². The van der Waals surface area contributed by atoms with Crippen LogP contribution in [0.15, 0.2) is 47.4 Å². The summed E-state index contributed by atoms with van der Waals surface area (Å²) in [4.78, 5) is 22.8. The third-order valence-corrected chi connectivity index (χ3v) is 2.78. The molecule has 3 aromatic rings. The summed E-state index contributed by atoms with van der Waals surface area (Å²) in [7, 11) is 0. The average molecular weight is 237 g/mol. The summed E-state index contributed by atoms with van der Waals surface area (Å²) >= 11 is 0. The van der Waals surface area contributed by atoms with E-state index in [0.717, 1.165) is 16.5 Å². The van der Waals surface area contributed by atoms with Crippen molar-refractivity contribution in [1.82, 2.24) is 15.0 Å². The molecule has 4 nitrogen and oxygen atoms in total. The Morgan fingerprint density at radius 2 is 2.06 bits per heavy atom. The van der Waals surface area contributed by atoms with E-state index < -0.39 is 0 Å². The number of aromatic amines is 1. The van der Waals surface area contributed by atoms with Gasteiger partial charge in [-0.25, -0.2) is 4.98 Å². The number of rotatable bonds is 1. The number of benzene rings is 1. The molecule has 0 saturated heterocycles. The molecule has 18 heavy (non-hydrogen) atoms. The molecule has 1 N–H and O–H groups in total. The number of hydrogen-bond acceptors (Lipinski definition) is 3. The maximum absolute atomic E-state index is 11.5. The molecular weight excluding hydrogens is 226 g/mol. The molecule has 0 atom stereocenters. The van der Waals surface area contributed by atoms with Crippen LogP contribution in [0.5, 0.6) is 0 Å². The van der Waals surface area contributed by atoms with Crippen LogP contribution in [-0.4, -0.2) is 15.0 Å². The molecule has 0 amide bonds. The van der Waals surface area contributed by atoms with Crippen molar-refractivity contribution in [3.63, 3.8) is 0 Å². The third-order valence-electron chi connectivity index (χ3n) is 2.78. The fourth-order valence-electron chi connectivity index (χ4n) is 2.04. The molecule has 2 heterocycles. The van der Waals surface area contributed by atoms with Crippen molar-refractivity contribution in [2.24, 2.45) is 0 Å². The minimum absolute atomic E-state index is 0.140. The highest BCUT2D eigenvalue weighted by molar-refractivity contribution is 5.93. The van der Waals surface area contributed by atoms with Gasteiger partial charge < -0.3 is 4.98 Å². The molecule has 2 aromatic heterocycles. The largest absolute Gasteiger partial charge is 0.311 e. The Morgan fingerprint density at radius 3 is 2.89 bits per heavy atom. The van der Waals surface area contributed by atoms with E-state index in [1.165, 1.54) is 6.07 Å². The van der Waals surface area contributed by atoms with Gasteiger partial charge in [-0.05, 0) is 19.1 Å². The molecule has 0 aliphatic heterocycles. The van der Waals surface area contributed by atoms with Gasteiger partial charge in [-0.2, -0.15) is 0 Å². The molecule has 88 valence electrons. The topological polar surface area (TPSA) is 58.6 Å². The van der Waals surface area contributed by atoms with E-state index in [9.17, 15) is 4.79 Å². The fraction of sp³-hybridized carbons (Fsp3) is 0.0714. The van der Waals surface area contributed by atoms with Gasteiger partial charge in [-0.3, -0.25) is 9.78 Å². The monoisotopic (exact) mass is 237 g/mol. The van der Waals surface area contributed by atoms with E-state index in [4.69, 9.17) is 0 Å². The van der Waals surface area contributed by atoms with Crippen molar-refractivity contribution >= 4 is 10.9 Å². The van der Waals surface area contributed by atoms with Crippen LogP contribution in [0, 0.1) is 6.92 Å². The lowest BCUT2D eigenvalue weighted by atomic mass is 10.1. The Hall–Kier alpha value is -2.49. The van der Waals surface area contributed by atoms with Crippen LogP contribution >= 0.6 is 0 Å². The van der Waals surface area contributed by atoms with Gasteiger partial charge in [0.05, 0.1) is 11.2 Å². The van der Waals surface area contributed by atoms with Gasteiger partial charge >= 0.3 is 0 Å². The highest BCUT2D eigenvalue weighted by Gasteiger charge is 2.06. The Bertz CT molecular complexity index is 772. The molecule has 1 aromatic carbocycles. The normalized spacial score (nSPS) is 10.7. The summed E-state index contributed by atoms with van der Waals surface area (Å²) in [6.07, 6.45) is 1.75. The van der Waals surface area contributed by atoms with Gasteiger partial charge in [0.2, 0.25) is 0 Å². The van der Waals surface area contributed by atoms with E-state index in [1.54, 1.807) is 13.1 Å². The second kappa shape index (κ2) is 4.07. The molecule has 0 radical (unpaired) electrons. The standard InChI is InChI=1S/C14H11N3O/c1-9-16-13(8-14(18)17-9)11-4-2-6-12-10(11)5-3-7-15-12/h2-8H,1H3,(H,16,17,18). The van der Waals surface area contributed by atoms with Crippen LogP contribution in [0.2, 0.25) is 0 Å². The minimum atomic E-state index is -0.140.